The molecule has 0 aliphatic carbocycles. The molecule has 0 unspecified atom stereocenters. The monoisotopic (exact) mass is 260 g/mol. The number of rotatable bonds is 5. The predicted octanol–water partition coefficient (Wildman–Crippen LogP) is 2.34. The minimum absolute atomic E-state index is 0.195. The number of anilines is 2. The van der Waals surface area contributed by atoms with Crippen LogP contribution in [0.3, 0.4) is 0 Å². The van der Waals surface area contributed by atoms with Crippen molar-refractivity contribution in [2.45, 2.75) is 6.42 Å². The quantitative estimate of drug-likeness (QED) is 0.896. The molecule has 0 spiro atoms. The Bertz CT molecular complexity index is 544. The molecule has 1 N–H and O–H groups in total. The average Bonchev–Trinajstić information content (AvgIpc) is 2.45. The van der Waals surface area contributed by atoms with Crippen molar-refractivity contribution in [1.82, 2.24) is 9.97 Å². The first-order chi connectivity index (χ1) is 9.19. The van der Waals surface area contributed by atoms with Gasteiger partial charge < -0.3 is 10.2 Å². The SMILES string of the molecule is CNc1cc(N(C)CCc2cccc(F)c2)ncn1. The first-order valence-corrected chi connectivity index (χ1v) is 6.14. The zero-order valence-corrected chi connectivity index (χ0v) is 11.1. The predicted molar refractivity (Wildman–Crippen MR) is 75.0 cm³/mol. The summed E-state index contributed by atoms with van der Waals surface area (Å²) in [4.78, 5) is 10.3. The van der Waals surface area contributed by atoms with E-state index in [1.807, 2.05) is 31.1 Å². The Morgan fingerprint density at radius 1 is 1.26 bits per heavy atom. The van der Waals surface area contributed by atoms with Crippen molar-refractivity contribution in [3.63, 3.8) is 0 Å². The summed E-state index contributed by atoms with van der Waals surface area (Å²) in [5.74, 6) is 1.43. The van der Waals surface area contributed by atoms with Crippen molar-refractivity contribution in [1.29, 1.82) is 0 Å². The molecule has 2 aromatic rings. The van der Waals surface area contributed by atoms with E-state index in [9.17, 15) is 4.39 Å². The number of nitrogens with zero attached hydrogens (tertiary/aromatic N) is 3. The van der Waals surface area contributed by atoms with Gasteiger partial charge in [-0.25, -0.2) is 14.4 Å². The van der Waals surface area contributed by atoms with Gasteiger partial charge in [-0.15, -0.1) is 0 Å². The molecule has 0 radical (unpaired) electrons. The summed E-state index contributed by atoms with van der Waals surface area (Å²) in [7, 11) is 3.78. The van der Waals surface area contributed by atoms with E-state index in [1.165, 1.54) is 12.4 Å². The molecule has 4 nitrogen and oxygen atoms in total. The number of benzene rings is 1. The maximum absolute atomic E-state index is 13.1. The van der Waals surface area contributed by atoms with E-state index < -0.39 is 0 Å². The van der Waals surface area contributed by atoms with Gasteiger partial charge >= 0.3 is 0 Å². The van der Waals surface area contributed by atoms with Crippen LogP contribution in [0.4, 0.5) is 16.0 Å². The molecule has 0 bridgehead atoms. The van der Waals surface area contributed by atoms with Crippen molar-refractivity contribution < 1.29 is 4.39 Å². The van der Waals surface area contributed by atoms with E-state index in [1.54, 1.807) is 12.1 Å². The molecule has 0 aliphatic heterocycles. The highest BCUT2D eigenvalue weighted by Gasteiger charge is 2.04. The lowest BCUT2D eigenvalue weighted by atomic mass is 10.1. The molecule has 0 fully saturated rings. The van der Waals surface area contributed by atoms with Crippen molar-refractivity contribution >= 4 is 11.6 Å². The highest BCUT2D eigenvalue weighted by atomic mass is 19.1. The van der Waals surface area contributed by atoms with Gasteiger partial charge in [0.15, 0.2) is 0 Å². The zero-order chi connectivity index (χ0) is 13.7. The number of nitrogens with one attached hydrogen (secondary N) is 1. The second-order valence-electron chi connectivity index (χ2n) is 4.31. The lowest BCUT2D eigenvalue weighted by Crippen LogP contribution is -2.21. The van der Waals surface area contributed by atoms with Gasteiger partial charge in [-0.3, -0.25) is 0 Å². The summed E-state index contributed by atoms with van der Waals surface area (Å²) in [6, 6.07) is 8.56. The van der Waals surface area contributed by atoms with Gasteiger partial charge in [-0.05, 0) is 24.1 Å². The second-order valence-corrected chi connectivity index (χ2v) is 4.31. The fourth-order valence-corrected chi connectivity index (χ4v) is 1.80. The lowest BCUT2D eigenvalue weighted by Gasteiger charge is -2.18. The molecular formula is C14H17FN4. The van der Waals surface area contributed by atoms with Crippen molar-refractivity contribution in [3.8, 4) is 0 Å². The summed E-state index contributed by atoms with van der Waals surface area (Å²) in [6.07, 6.45) is 2.30. The molecule has 100 valence electrons. The molecule has 0 saturated heterocycles. The number of aromatic nitrogens is 2. The van der Waals surface area contributed by atoms with Gasteiger partial charge in [0.05, 0.1) is 0 Å². The average molecular weight is 260 g/mol. The van der Waals surface area contributed by atoms with Crippen LogP contribution in [0.5, 0.6) is 0 Å². The van der Waals surface area contributed by atoms with Gasteiger partial charge in [0.25, 0.3) is 0 Å². The molecule has 0 atom stereocenters. The largest absolute Gasteiger partial charge is 0.373 e. The summed E-state index contributed by atoms with van der Waals surface area (Å²) in [5.41, 5.74) is 0.981. The fraction of sp³-hybridized carbons (Fsp3) is 0.286. The maximum atomic E-state index is 13.1. The molecule has 2 rings (SSSR count). The van der Waals surface area contributed by atoms with Crippen LogP contribution < -0.4 is 10.2 Å². The van der Waals surface area contributed by atoms with Crippen LogP contribution in [0, 0.1) is 5.82 Å². The van der Waals surface area contributed by atoms with Crippen LogP contribution in [0.2, 0.25) is 0 Å². The highest BCUT2D eigenvalue weighted by molar-refractivity contribution is 5.47. The first-order valence-electron chi connectivity index (χ1n) is 6.14. The molecule has 0 aliphatic rings. The minimum Gasteiger partial charge on any atom is -0.373 e. The van der Waals surface area contributed by atoms with E-state index in [2.05, 4.69) is 15.3 Å². The van der Waals surface area contributed by atoms with Gasteiger partial charge in [0, 0.05) is 26.7 Å². The van der Waals surface area contributed by atoms with E-state index >= 15 is 0 Å². The van der Waals surface area contributed by atoms with E-state index in [0.717, 1.165) is 30.2 Å². The lowest BCUT2D eigenvalue weighted by molar-refractivity contribution is 0.625. The van der Waals surface area contributed by atoms with Crippen LogP contribution in [0.1, 0.15) is 5.56 Å². The third-order valence-corrected chi connectivity index (χ3v) is 2.92. The zero-order valence-electron chi connectivity index (χ0n) is 11.1. The van der Waals surface area contributed by atoms with Crippen LogP contribution in [0.25, 0.3) is 0 Å². The topological polar surface area (TPSA) is 41.0 Å². The first kappa shape index (κ1) is 13.3. The molecule has 0 amide bonds. The molecule has 1 aromatic carbocycles. The number of halogens is 1. The fourth-order valence-electron chi connectivity index (χ4n) is 1.80. The minimum atomic E-state index is -0.195. The van der Waals surface area contributed by atoms with E-state index in [0.29, 0.717) is 0 Å². The Morgan fingerprint density at radius 2 is 2.11 bits per heavy atom. The number of hydrogen-bond acceptors (Lipinski definition) is 4. The van der Waals surface area contributed by atoms with Crippen molar-refractivity contribution in [2.24, 2.45) is 0 Å². The Morgan fingerprint density at radius 3 is 2.84 bits per heavy atom. The summed E-state index contributed by atoms with van der Waals surface area (Å²) in [5, 5.41) is 2.98. The van der Waals surface area contributed by atoms with Gasteiger partial charge in [-0.1, -0.05) is 12.1 Å². The third kappa shape index (κ3) is 3.64. The standard InChI is InChI=1S/C14H17FN4/c1-16-13-9-14(18-10-17-13)19(2)7-6-11-4-3-5-12(15)8-11/h3-5,8-10H,6-7H2,1-2H3,(H,16,17,18). The second kappa shape index (κ2) is 6.13. The Labute approximate surface area is 112 Å². The molecule has 19 heavy (non-hydrogen) atoms. The Kier molecular flexibility index (Phi) is 4.28. The van der Waals surface area contributed by atoms with Crippen LogP contribution in [0.15, 0.2) is 36.7 Å². The highest BCUT2D eigenvalue weighted by Crippen LogP contribution is 2.13. The van der Waals surface area contributed by atoms with E-state index in [-0.39, 0.29) is 5.82 Å². The Hall–Kier alpha value is -2.17. The molecule has 1 heterocycles. The van der Waals surface area contributed by atoms with Crippen LogP contribution in [-0.2, 0) is 6.42 Å². The molecule has 0 saturated carbocycles. The summed E-state index contributed by atoms with van der Waals surface area (Å²) in [6.45, 7) is 0.767. The maximum Gasteiger partial charge on any atom is 0.133 e. The van der Waals surface area contributed by atoms with Crippen LogP contribution >= 0.6 is 0 Å². The summed E-state index contributed by atoms with van der Waals surface area (Å²) >= 11 is 0. The van der Waals surface area contributed by atoms with Crippen LogP contribution in [-0.4, -0.2) is 30.6 Å². The Balaban J connectivity index is 1.99. The summed E-state index contributed by atoms with van der Waals surface area (Å²) < 4.78 is 13.1. The molecular weight excluding hydrogens is 243 g/mol. The van der Waals surface area contributed by atoms with Gasteiger partial charge in [0.1, 0.15) is 23.8 Å². The van der Waals surface area contributed by atoms with E-state index in [4.69, 9.17) is 0 Å². The smallest absolute Gasteiger partial charge is 0.133 e. The van der Waals surface area contributed by atoms with Crippen molar-refractivity contribution in [2.75, 3.05) is 30.9 Å². The molecule has 5 heteroatoms. The molecule has 1 aromatic heterocycles. The third-order valence-electron chi connectivity index (χ3n) is 2.92. The van der Waals surface area contributed by atoms with Gasteiger partial charge in [-0.2, -0.15) is 0 Å². The normalized spacial score (nSPS) is 10.3. The number of hydrogen-bond donors (Lipinski definition) is 1. The van der Waals surface area contributed by atoms with Gasteiger partial charge in [0.2, 0.25) is 0 Å². The number of likely N-dealkylation sites (N-methyl/N-ethyl adjacent to an activating group) is 1. The van der Waals surface area contributed by atoms with Crippen molar-refractivity contribution in [3.05, 3.63) is 48.0 Å².